The van der Waals surface area contributed by atoms with Crippen LogP contribution in [-0.2, 0) is 4.79 Å². The quantitative estimate of drug-likeness (QED) is 0.483. The summed E-state index contributed by atoms with van der Waals surface area (Å²) in [4.78, 5) is 23.2. The van der Waals surface area contributed by atoms with Gasteiger partial charge in [-0.3, -0.25) is 14.8 Å². The first-order valence-electron chi connectivity index (χ1n) is 10.8. The van der Waals surface area contributed by atoms with Gasteiger partial charge in [-0.15, -0.1) is 11.8 Å². The van der Waals surface area contributed by atoms with Crippen LogP contribution in [0.5, 0.6) is 0 Å². The Balaban J connectivity index is 2.41. The smallest absolute Gasteiger partial charge is 0.242 e. The van der Waals surface area contributed by atoms with Gasteiger partial charge in [-0.1, -0.05) is 32.4 Å². The molecular formula is C23H34F2N4OS. The molecule has 172 valence electrons. The highest BCUT2D eigenvalue weighted by Gasteiger charge is 2.39. The molecule has 0 aromatic rings. The molecule has 0 saturated carbocycles. The number of rotatable bonds is 10. The van der Waals surface area contributed by atoms with Gasteiger partial charge < -0.3 is 10.2 Å². The van der Waals surface area contributed by atoms with Crippen molar-refractivity contribution >= 4 is 29.2 Å². The zero-order valence-electron chi connectivity index (χ0n) is 19.1. The predicted molar refractivity (Wildman–Crippen MR) is 127 cm³/mol. The van der Waals surface area contributed by atoms with Crippen molar-refractivity contribution in [1.82, 2.24) is 10.2 Å². The Morgan fingerprint density at radius 2 is 2.19 bits per heavy atom. The average molecular weight is 453 g/mol. The Hall–Kier alpha value is -1.96. The molecule has 0 radical (unpaired) electrons. The number of allylic oxidation sites excluding steroid dienone is 3. The lowest BCUT2D eigenvalue weighted by Gasteiger charge is -2.35. The van der Waals surface area contributed by atoms with E-state index in [1.165, 1.54) is 13.0 Å². The van der Waals surface area contributed by atoms with E-state index in [2.05, 4.69) is 34.5 Å². The summed E-state index contributed by atoms with van der Waals surface area (Å²) in [5.74, 6) is 1.39. The number of amidine groups is 1. The van der Waals surface area contributed by atoms with Gasteiger partial charge >= 0.3 is 0 Å². The number of carbonyl (C=O) groups is 1. The Morgan fingerprint density at radius 3 is 2.77 bits per heavy atom. The van der Waals surface area contributed by atoms with Crippen LogP contribution < -0.4 is 5.32 Å². The third kappa shape index (κ3) is 6.76. The molecule has 3 unspecified atom stereocenters. The van der Waals surface area contributed by atoms with Gasteiger partial charge in [0.25, 0.3) is 0 Å². The van der Waals surface area contributed by atoms with E-state index < -0.39 is 6.43 Å². The number of hydrogen-bond acceptors (Lipinski definition) is 5. The molecule has 5 nitrogen and oxygen atoms in total. The van der Waals surface area contributed by atoms with Gasteiger partial charge in [0.05, 0.1) is 23.5 Å². The maximum absolute atomic E-state index is 12.6. The number of hydrogen-bond donors (Lipinski definition) is 1. The lowest BCUT2D eigenvalue weighted by Crippen LogP contribution is -2.43. The minimum Gasteiger partial charge on any atom is -0.351 e. The highest BCUT2D eigenvalue weighted by atomic mass is 32.2. The van der Waals surface area contributed by atoms with E-state index in [1.807, 2.05) is 13.0 Å². The highest BCUT2D eigenvalue weighted by molar-refractivity contribution is 8.03. The van der Waals surface area contributed by atoms with Crippen LogP contribution in [0.25, 0.3) is 0 Å². The Labute approximate surface area is 188 Å². The second-order valence-corrected chi connectivity index (χ2v) is 8.91. The van der Waals surface area contributed by atoms with Gasteiger partial charge in [-0.25, -0.2) is 8.78 Å². The molecule has 2 heterocycles. The molecule has 8 heteroatoms. The van der Waals surface area contributed by atoms with Gasteiger partial charge in [0.2, 0.25) is 12.3 Å². The zero-order chi connectivity index (χ0) is 23.0. The van der Waals surface area contributed by atoms with Crippen LogP contribution >= 0.6 is 11.8 Å². The SMILES string of the molecule is C/C=C\SC(C1=NCC(C(/C=C\CC(F)F)=N/C)=C2CC(NC(C)=O)CN12)C(C)CC. The number of nitrogens with zero attached hydrogens (tertiary/aromatic N) is 3. The van der Waals surface area contributed by atoms with Crippen molar-refractivity contribution in [3.63, 3.8) is 0 Å². The fraction of sp³-hybridized carbons (Fsp3) is 0.609. The first kappa shape index (κ1) is 25.3. The third-order valence-corrected chi connectivity index (χ3v) is 6.91. The lowest BCUT2D eigenvalue weighted by molar-refractivity contribution is -0.119. The third-order valence-electron chi connectivity index (χ3n) is 5.52. The van der Waals surface area contributed by atoms with Crippen LogP contribution in [0.2, 0.25) is 0 Å². The van der Waals surface area contributed by atoms with Crippen LogP contribution in [0, 0.1) is 5.92 Å². The maximum atomic E-state index is 12.6. The molecule has 2 rings (SSSR count). The summed E-state index contributed by atoms with van der Waals surface area (Å²) < 4.78 is 25.2. The Bertz CT molecular complexity index is 788. The monoisotopic (exact) mass is 452 g/mol. The molecule has 1 saturated heterocycles. The summed E-state index contributed by atoms with van der Waals surface area (Å²) in [6.07, 6.45) is 4.19. The fourth-order valence-electron chi connectivity index (χ4n) is 3.87. The van der Waals surface area contributed by atoms with E-state index >= 15 is 0 Å². The Morgan fingerprint density at radius 1 is 1.45 bits per heavy atom. The van der Waals surface area contributed by atoms with E-state index in [4.69, 9.17) is 4.99 Å². The van der Waals surface area contributed by atoms with Gasteiger partial charge in [-0.05, 0) is 24.3 Å². The molecule has 2 aliphatic rings. The molecule has 0 aromatic heterocycles. The standard InChI is InChI=1S/C23H34F2N4OS/c1-6-11-31-22(15(3)7-2)23-27-13-18(19(26-5)9-8-10-21(24)25)20-12-17(14-29(20)23)28-16(4)30/h6,8-9,11,15,17,21-22H,7,10,12-14H2,1-5H3,(H,28,30)/b9-8-,11-6-,26-19+. The summed E-state index contributed by atoms with van der Waals surface area (Å²) >= 11 is 1.77. The number of aliphatic imine (C=N–C) groups is 2. The molecule has 0 aromatic carbocycles. The largest absolute Gasteiger partial charge is 0.351 e. The summed E-state index contributed by atoms with van der Waals surface area (Å²) in [7, 11) is 1.67. The number of nitrogens with one attached hydrogen (secondary N) is 1. The van der Waals surface area contributed by atoms with Crippen molar-refractivity contribution in [2.75, 3.05) is 20.1 Å². The van der Waals surface area contributed by atoms with Gasteiger partial charge in [0, 0.05) is 44.6 Å². The summed E-state index contributed by atoms with van der Waals surface area (Å²) in [6.45, 7) is 9.05. The van der Waals surface area contributed by atoms with Crippen molar-refractivity contribution < 1.29 is 13.6 Å². The van der Waals surface area contributed by atoms with E-state index in [-0.39, 0.29) is 23.6 Å². The zero-order valence-corrected chi connectivity index (χ0v) is 19.9. The molecule has 0 aliphatic carbocycles. The minimum absolute atomic E-state index is 0.0155. The lowest BCUT2D eigenvalue weighted by atomic mass is 9.99. The van der Waals surface area contributed by atoms with E-state index in [1.54, 1.807) is 24.9 Å². The number of alkyl halides is 2. The molecule has 0 spiro atoms. The van der Waals surface area contributed by atoms with Crippen LogP contribution in [0.3, 0.4) is 0 Å². The van der Waals surface area contributed by atoms with Gasteiger partial charge in [-0.2, -0.15) is 0 Å². The van der Waals surface area contributed by atoms with Crippen molar-refractivity contribution in [2.45, 2.75) is 64.7 Å². The molecule has 1 amide bonds. The maximum Gasteiger partial charge on any atom is 0.242 e. The normalized spacial score (nSPS) is 21.8. The van der Waals surface area contributed by atoms with Crippen LogP contribution in [0.1, 0.15) is 47.0 Å². The highest BCUT2D eigenvalue weighted by Crippen LogP contribution is 2.35. The van der Waals surface area contributed by atoms with E-state index in [0.29, 0.717) is 31.1 Å². The van der Waals surface area contributed by atoms with Gasteiger partial charge in [0.1, 0.15) is 5.84 Å². The second kappa shape index (κ2) is 12.2. The van der Waals surface area contributed by atoms with Crippen LogP contribution in [-0.4, -0.2) is 60.2 Å². The van der Waals surface area contributed by atoms with Gasteiger partial charge in [0.15, 0.2) is 0 Å². The van der Waals surface area contributed by atoms with Crippen LogP contribution in [0.15, 0.2) is 44.9 Å². The number of thioether (sulfide) groups is 1. The topological polar surface area (TPSA) is 57.1 Å². The first-order valence-corrected chi connectivity index (χ1v) is 11.8. The molecule has 1 fully saturated rings. The van der Waals surface area contributed by atoms with Crippen LogP contribution in [0.4, 0.5) is 8.78 Å². The number of carbonyl (C=O) groups excluding carboxylic acids is 1. The van der Waals surface area contributed by atoms with E-state index in [9.17, 15) is 13.6 Å². The molecule has 0 bridgehead atoms. The Kier molecular flexibility index (Phi) is 9.93. The molecule has 3 atom stereocenters. The number of amides is 1. The molecule has 1 N–H and O–H groups in total. The second-order valence-electron chi connectivity index (χ2n) is 7.86. The molecule has 31 heavy (non-hydrogen) atoms. The fourth-order valence-corrected chi connectivity index (χ4v) is 4.98. The summed E-state index contributed by atoms with van der Waals surface area (Å²) in [6, 6.07) is -0.0155. The van der Waals surface area contributed by atoms with Crippen molar-refractivity contribution in [3.8, 4) is 0 Å². The van der Waals surface area contributed by atoms with Crippen molar-refractivity contribution in [2.24, 2.45) is 15.9 Å². The predicted octanol–water partition coefficient (Wildman–Crippen LogP) is 4.83. The number of fused-ring (bicyclic) bond motifs is 1. The first-order chi connectivity index (χ1) is 14.8. The van der Waals surface area contributed by atoms with Crippen molar-refractivity contribution in [1.29, 1.82) is 0 Å². The summed E-state index contributed by atoms with van der Waals surface area (Å²) in [5.41, 5.74) is 2.71. The molecular weight excluding hydrogens is 418 g/mol. The van der Waals surface area contributed by atoms with E-state index in [0.717, 1.165) is 23.5 Å². The molecule has 2 aliphatic heterocycles. The minimum atomic E-state index is -2.38. The summed E-state index contributed by atoms with van der Waals surface area (Å²) in [5, 5.41) is 5.33. The average Bonchev–Trinajstić information content (AvgIpc) is 3.14. The van der Waals surface area contributed by atoms with Crippen molar-refractivity contribution in [3.05, 3.63) is 34.9 Å². The number of halogens is 2.